The summed E-state index contributed by atoms with van der Waals surface area (Å²) >= 11 is 12.9. The largest absolute Gasteiger partial charge is 0.584 e. The number of nitrogens with zero attached hydrogens (tertiary/aromatic N) is 2. The summed E-state index contributed by atoms with van der Waals surface area (Å²) in [4.78, 5) is 21.1. The molecule has 0 aliphatic heterocycles. The zero-order valence-electron chi connectivity index (χ0n) is 20.1. The van der Waals surface area contributed by atoms with Gasteiger partial charge in [0.15, 0.2) is 0 Å². The van der Waals surface area contributed by atoms with Crippen LogP contribution in [0.3, 0.4) is 0 Å². The number of rotatable bonds is 10. The quantitative estimate of drug-likeness (QED) is 0.223. The molecule has 2 heterocycles. The van der Waals surface area contributed by atoms with E-state index in [9.17, 15) is 9.46 Å². The van der Waals surface area contributed by atoms with Gasteiger partial charge in [-0.25, -0.2) is 4.57 Å². The van der Waals surface area contributed by atoms with Crippen LogP contribution < -0.4 is 9.05 Å². The summed E-state index contributed by atoms with van der Waals surface area (Å²) in [5.41, 5.74) is 3.06. The molecule has 0 radical (unpaired) electrons. The molecule has 2 aromatic carbocycles. The summed E-state index contributed by atoms with van der Waals surface area (Å²) in [7, 11) is 3.30. The van der Waals surface area contributed by atoms with Crippen molar-refractivity contribution in [2.75, 3.05) is 41.3 Å². The van der Waals surface area contributed by atoms with E-state index in [1.165, 1.54) is 0 Å². The molecule has 0 unspecified atom stereocenters. The predicted octanol–water partition coefficient (Wildman–Crippen LogP) is 5.72. The minimum absolute atomic E-state index is 0.220. The van der Waals surface area contributed by atoms with Crippen LogP contribution in [0.15, 0.2) is 36.4 Å². The lowest BCUT2D eigenvalue weighted by Crippen LogP contribution is -2.15. The summed E-state index contributed by atoms with van der Waals surface area (Å²) in [6.07, 6.45) is 1.28. The average molecular weight is 539 g/mol. The third kappa shape index (κ3) is 5.80. The number of H-pyrrole nitrogens is 2. The number of hydrogen-bond donors (Lipinski definition) is 3. The predicted molar refractivity (Wildman–Crippen MR) is 142 cm³/mol. The molecule has 188 valence electrons. The van der Waals surface area contributed by atoms with E-state index in [2.05, 4.69) is 9.97 Å². The number of nitrogens with one attached hydrogen (secondary N) is 2. The molecule has 4 aromatic rings. The molecular weight excluding hydrogens is 510 g/mol. The van der Waals surface area contributed by atoms with Gasteiger partial charge in [-0.2, -0.15) is 0 Å². The van der Waals surface area contributed by atoms with Gasteiger partial charge < -0.3 is 28.8 Å². The van der Waals surface area contributed by atoms with Gasteiger partial charge in [-0.05, 0) is 65.3 Å². The Kier molecular flexibility index (Phi) is 7.71. The van der Waals surface area contributed by atoms with E-state index >= 15 is 0 Å². The maximum atomic E-state index is 13.2. The van der Waals surface area contributed by atoms with Crippen LogP contribution in [-0.4, -0.2) is 65.9 Å². The molecule has 0 saturated heterocycles. The fourth-order valence-corrected chi connectivity index (χ4v) is 5.48. The van der Waals surface area contributed by atoms with Crippen LogP contribution in [0.2, 0.25) is 10.3 Å². The molecular formula is C24H29Cl2N4O4P. The van der Waals surface area contributed by atoms with Gasteiger partial charge in [0.1, 0.15) is 21.8 Å². The maximum Gasteiger partial charge on any atom is 0.584 e. The molecule has 0 aliphatic rings. The lowest BCUT2D eigenvalue weighted by molar-refractivity contribution is 0.293. The molecule has 0 fully saturated rings. The van der Waals surface area contributed by atoms with E-state index in [4.69, 9.17) is 32.2 Å². The Morgan fingerprint density at radius 2 is 1.20 bits per heavy atom. The number of likely N-dealkylation sites (N-methyl/N-ethyl adjacent to an activating group) is 2. The highest BCUT2D eigenvalue weighted by molar-refractivity contribution is 7.48. The van der Waals surface area contributed by atoms with Gasteiger partial charge in [0.2, 0.25) is 0 Å². The number of phosphoric ester groups is 1. The number of aromatic nitrogens is 2. The van der Waals surface area contributed by atoms with Crippen molar-refractivity contribution in [2.24, 2.45) is 0 Å². The Balaban J connectivity index is 1.68. The first-order chi connectivity index (χ1) is 16.6. The number of phosphoric acid groups is 1. The van der Waals surface area contributed by atoms with Crippen molar-refractivity contribution < 1.29 is 18.5 Å². The fraction of sp³-hybridized carbons (Fsp3) is 0.333. The number of aromatic amines is 2. The van der Waals surface area contributed by atoms with Crippen molar-refractivity contribution >= 4 is 52.8 Å². The Bertz CT molecular complexity index is 1300. The van der Waals surface area contributed by atoms with Crippen LogP contribution in [0.1, 0.15) is 11.1 Å². The third-order valence-electron chi connectivity index (χ3n) is 5.72. The van der Waals surface area contributed by atoms with E-state index in [0.717, 1.165) is 24.2 Å². The summed E-state index contributed by atoms with van der Waals surface area (Å²) in [6.45, 7) is 1.50. The molecule has 0 saturated carbocycles. The molecule has 0 spiro atoms. The summed E-state index contributed by atoms with van der Waals surface area (Å²) in [5, 5.41) is 2.27. The fourth-order valence-electron chi connectivity index (χ4n) is 4.06. The molecule has 8 nitrogen and oxygen atoms in total. The van der Waals surface area contributed by atoms with Crippen LogP contribution in [0.4, 0.5) is 0 Å². The first-order valence-electron chi connectivity index (χ1n) is 11.2. The molecule has 0 atom stereocenters. The van der Waals surface area contributed by atoms with Crippen molar-refractivity contribution in [3.63, 3.8) is 0 Å². The van der Waals surface area contributed by atoms with Crippen molar-refractivity contribution in [3.05, 3.63) is 57.8 Å². The SMILES string of the molecule is CN(C)CCc1c(Cl)[nH]c2cccc(OP(=O)(O)Oc3cccc4[nH]c(Cl)c(CCN(C)C)c34)c12. The van der Waals surface area contributed by atoms with E-state index in [0.29, 0.717) is 45.0 Å². The van der Waals surface area contributed by atoms with E-state index in [1.807, 2.05) is 50.1 Å². The van der Waals surface area contributed by atoms with Gasteiger partial charge in [-0.15, -0.1) is 0 Å². The molecule has 35 heavy (non-hydrogen) atoms. The van der Waals surface area contributed by atoms with Crippen LogP contribution >= 0.6 is 31.0 Å². The normalized spacial score (nSPS) is 12.4. The monoisotopic (exact) mass is 538 g/mol. The molecule has 11 heteroatoms. The Labute approximate surface area is 214 Å². The number of fused-ring (bicyclic) bond motifs is 2. The second kappa shape index (κ2) is 10.4. The highest BCUT2D eigenvalue weighted by Crippen LogP contribution is 2.49. The number of hydrogen-bond acceptors (Lipinski definition) is 5. The van der Waals surface area contributed by atoms with Gasteiger partial charge in [0, 0.05) is 35.0 Å². The maximum absolute atomic E-state index is 13.2. The Morgan fingerprint density at radius 1 is 0.800 bits per heavy atom. The topological polar surface area (TPSA) is 93.8 Å². The van der Waals surface area contributed by atoms with Crippen LogP contribution in [-0.2, 0) is 17.4 Å². The van der Waals surface area contributed by atoms with Crippen molar-refractivity contribution in [1.82, 2.24) is 19.8 Å². The van der Waals surface area contributed by atoms with Gasteiger partial charge in [0.05, 0.1) is 11.0 Å². The standard InChI is InChI=1S/C24H29Cl2N4O4P/c1-29(2)13-11-15-21-17(27-23(15)25)7-5-9-19(21)33-35(31,32)34-20-10-6-8-18-22(20)16(24(26)28-18)12-14-30(3)4/h5-10,27-28H,11-14H2,1-4H3,(H,31,32). The highest BCUT2D eigenvalue weighted by Gasteiger charge is 2.29. The zero-order valence-corrected chi connectivity index (χ0v) is 22.5. The molecule has 0 bridgehead atoms. The van der Waals surface area contributed by atoms with E-state index in [-0.39, 0.29) is 11.5 Å². The van der Waals surface area contributed by atoms with Gasteiger partial charge >= 0.3 is 7.82 Å². The molecule has 4 rings (SSSR count). The van der Waals surface area contributed by atoms with Gasteiger partial charge in [0.25, 0.3) is 0 Å². The van der Waals surface area contributed by atoms with Crippen LogP contribution in [0.5, 0.6) is 11.5 Å². The molecule has 0 amide bonds. The number of halogens is 2. The smallest absolute Gasteiger partial charge is 0.394 e. The molecule has 0 aliphatic carbocycles. The van der Waals surface area contributed by atoms with E-state index in [1.54, 1.807) is 24.3 Å². The zero-order chi connectivity index (χ0) is 25.3. The highest BCUT2D eigenvalue weighted by atomic mass is 35.5. The first-order valence-corrected chi connectivity index (χ1v) is 13.4. The second-order valence-corrected chi connectivity index (χ2v) is 11.0. The Hall–Kier alpha value is -2.19. The van der Waals surface area contributed by atoms with Crippen LogP contribution in [0, 0.1) is 0 Å². The summed E-state index contributed by atoms with van der Waals surface area (Å²) in [5.74, 6) is 0.440. The minimum Gasteiger partial charge on any atom is -0.394 e. The third-order valence-corrected chi connectivity index (χ3v) is 7.22. The van der Waals surface area contributed by atoms with Crippen LogP contribution in [0.25, 0.3) is 21.8 Å². The van der Waals surface area contributed by atoms with Gasteiger partial charge in [-0.3, -0.25) is 4.89 Å². The lowest BCUT2D eigenvalue weighted by atomic mass is 10.1. The summed E-state index contributed by atoms with van der Waals surface area (Å²) < 4.78 is 24.5. The van der Waals surface area contributed by atoms with Crippen molar-refractivity contribution in [2.45, 2.75) is 12.8 Å². The average Bonchev–Trinajstić information content (AvgIpc) is 3.26. The first kappa shape index (κ1) is 25.9. The molecule has 2 aromatic heterocycles. The second-order valence-electron chi connectivity index (χ2n) is 8.95. The number of benzene rings is 2. The van der Waals surface area contributed by atoms with E-state index < -0.39 is 7.82 Å². The van der Waals surface area contributed by atoms with Gasteiger partial charge in [-0.1, -0.05) is 35.3 Å². The lowest BCUT2D eigenvalue weighted by Gasteiger charge is -2.17. The summed E-state index contributed by atoms with van der Waals surface area (Å²) in [6, 6.07) is 10.4. The van der Waals surface area contributed by atoms with Crippen molar-refractivity contribution in [1.29, 1.82) is 0 Å². The Morgan fingerprint density at radius 3 is 1.57 bits per heavy atom. The molecule has 3 N–H and O–H groups in total. The van der Waals surface area contributed by atoms with Crippen molar-refractivity contribution in [3.8, 4) is 11.5 Å². The minimum atomic E-state index is -4.58.